The van der Waals surface area contributed by atoms with Crippen LogP contribution in [0, 0.1) is 0 Å². The van der Waals surface area contributed by atoms with Crippen LogP contribution in [0.2, 0.25) is 0 Å². The minimum absolute atomic E-state index is 0.581. The van der Waals surface area contributed by atoms with Gasteiger partial charge in [-0.15, -0.1) is 0 Å². The quantitative estimate of drug-likeness (QED) is 0.247. The van der Waals surface area contributed by atoms with Crippen molar-refractivity contribution >= 4 is 27.8 Å². The predicted octanol–water partition coefficient (Wildman–Crippen LogP) is 8.65. The fourth-order valence-electron chi connectivity index (χ4n) is 4.38. The number of benzene rings is 4. The Morgan fingerprint density at radius 2 is 1.44 bits per heavy atom. The van der Waals surface area contributed by atoms with E-state index in [4.69, 9.17) is 10.5 Å². The predicted molar refractivity (Wildman–Crippen MR) is 145 cm³/mol. The number of ether oxygens (including phenoxy) is 1. The van der Waals surface area contributed by atoms with E-state index < -0.39 is 0 Å². The third-order valence-corrected chi connectivity index (χ3v) is 6.35. The van der Waals surface area contributed by atoms with Crippen molar-refractivity contribution in [3.8, 4) is 16.9 Å². The summed E-state index contributed by atoms with van der Waals surface area (Å²) in [5.41, 5.74) is 12.6. The molecule has 0 bridgehead atoms. The number of allylic oxidation sites excluding steroid dienone is 4. The van der Waals surface area contributed by atoms with Crippen molar-refractivity contribution in [2.75, 3.05) is 5.73 Å². The third-order valence-electron chi connectivity index (χ3n) is 6.35. The molecule has 0 amide bonds. The molecular weight excluding hydrogens is 414 g/mol. The standard InChI is InChI=1S/C32H29NO/c1-23(34-32-12-8-7-11-31(32)33)27-17-18-30-22-28(19-20-29(30)21-27)26-15-13-25(14-16-26)24-9-5-3-2-4-6-10-24/h5,7-22H,1-4,6,33H2/b9-5-,24-10+. The third kappa shape index (κ3) is 4.82. The van der Waals surface area contributed by atoms with E-state index in [1.807, 2.05) is 30.3 Å². The van der Waals surface area contributed by atoms with Crippen molar-refractivity contribution < 1.29 is 4.74 Å². The van der Waals surface area contributed by atoms with Gasteiger partial charge in [0, 0.05) is 5.56 Å². The first-order valence-electron chi connectivity index (χ1n) is 11.9. The Balaban J connectivity index is 1.36. The van der Waals surface area contributed by atoms with E-state index in [1.165, 1.54) is 46.9 Å². The second kappa shape index (κ2) is 9.84. The van der Waals surface area contributed by atoms with Gasteiger partial charge in [0.2, 0.25) is 0 Å². The zero-order valence-corrected chi connectivity index (χ0v) is 19.3. The van der Waals surface area contributed by atoms with Crippen LogP contribution in [-0.4, -0.2) is 0 Å². The van der Waals surface area contributed by atoms with E-state index in [9.17, 15) is 0 Å². The Bertz CT molecular complexity index is 1390. The maximum Gasteiger partial charge on any atom is 0.150 e. The lowest BCUT2D eigenvalue weighted by Gasteiger charge is -2.12. The molecule has 2 N–H and O–H groups in total. The highest BCUT2D eigenvalue weighted by atomic mass is 16.5. The van der Waals surface area contributed by atoms with E-state index in [0.29, 0.717) is 17.2 Å². The summed E-state index contributed by atoms with van der Waals surface area (Å²) in [5.74, 6) is 1.20. The second-order valence-electron chi connectivity index (χ2n) is 8.76. The van der Waals surface area contributed by atoms with E-state index in [-0.39, 0.29) is 0 Å². The van der Waals surface area contributed by atoms with Crippen LogP contribution in [0.25, 0.3) is 33.2 Å². The number of hydrogen-bond donors (Lipinski definition) is 1. The molecular formula is C32H29NO. The lowest BCUT2D eigenvalue weighted by atomic mass is 9.96. The fourth-order valence-corrected chi connectivity index (χ4v) is 4.38. The maximum absolute atomic E-state index is 6.00. The van der Waals surface area contributed by atoms with Crippen molar-refractivity contribution in [3.63, 3.8) is 0 Å². The molecule has 1 aliphatic rings. The first-order chi connectivity index (χ1) is 16.7. The minimum Gasteiger partial charge on any atom is -0.455 e. The van der Waals surface area contributed by atoms with Crippen LogP contribution >= 0.6 is 0 Å². The Morgan fingerprint density at radius 3 is 2.29 bits per heavy atom. The average molecular weight is 444 g/mol. The number of nitrogens with two attached hydrogens (primary N) is 1. The van der Waals surface area contributed by atoms with Crippen LogP contribution in [0.1, 0.15) is 36.8 Å². The molecule has 0 fully saturated rings. The molecule has 0 atom stereocenters. The van der Waals surface area contributed by atoms with E-state index in [2.05, 4.69) is 79.4 Å². The maximum atomic E-state index is 6.00. The Hall–Kier alpha value is -4.04. The molecule has 1 aliphatic carbocycles. The van der Waals surface area contributed by atoms with Gasteiger partial charge in [-0.3, -0.25) is 0 Å². The summed E-state index contributed by atoms with van der Waals surface area (Å²) in [6, 6.07) is 29.2. The van der Waals surface area contributed by atoms with Crippen LogP contribution in [0.15, 0.2) is 110 Å². The number of hydrogen-bond acceptors (Lipinski definition) is 2. The number of fused-ring (bicyclic) bond motifs is 1. The van der Waals surface area contributed by atoms with Crippen molar-refractivity contribution in [1.29, 1.82) is 0 Å². The Labute approximate surface area is 201 Å². The van der Waals surface area contributed by atoms with Crippen LogP contribution in [-0.2, 0) is 0 Å². The smallest absolute Gasteiger partial charge is 0.150 e. The second-order valence-corrected chi connectivity index (χ2v) is 8.76. The minimum atomic E-state index is 0.581. The van der Waals surface area contributed by atoms with Gasteiger partial charge in [-0.05, 0) is 83.0 Å². The molecule has 0 saturated heterocycles. The number of anilines is 1. The normalized spacial score (nSPS) is 16.2. The molecule has 0 spiro atoms. The number of para-hydroxylation sites is 2. The summed E-state index contributed by atoms with van der Waals surface area (Å²) in [4.78, 5) is 0. The molecule has 0 unspecified atom stereocenters. The molecule has 2 nitrogen and oxygen atoms in total. The molecule has 5 rings (SSSR count). The van der Waals surface area contributed by atoms with Gasteiger partial charge < -0.3 is 10.5 Å². The summed E-state index contributed by atoms with van der Waals surface area (Å²) in [6.07, 6.45) is 11.8. The molecule has 0 radical (unpaired) electrons. The highest BCUT2D eigenvalue weighted by molar-refractivity contribution is 5.90. The number of nitrogen functional groups attached to an aromatic ring is 1. The van der Waals surface area contributed by atoms with E-state index in [0.717, 1.165) is 17.4 Å². The van der Waals surface area contributed by atoms with Crippen LogP contribution in [0.3, 0.4) is 0 Å². The van der Waals surface area contributed by atoms with E-state index in [1.54, 1.807) is 0 Å². The van der Waals surface area contributed by atoms with Crippen LogP contribution < -0.4 is 10.5 Å². The highest BCUT2D eigenvalue weighted by Gasteiger charge is 2.08. The van der Waals surface area contributed by atoms with Gasteiger partial charge in [0.05, 0.1) is 5.69 Å². The summed E-state index contributed by atoms with van der Waals surface area (Å²) in [7, 11) is 0. The summed E-state index contributed by atoms with van der Waals surface area (Å²) in [5, 5.41) is 2.33. The van der Waals surface area contributed by atoms with Gasteiger partial charge in [-0.1, -0.05) is 85.5 Å². The van der Waals surface area contributed by atoms with Crippen LogP contribution in [0.4, 0.5) is 5.69 Å². The fraction of sp³-hybridized carbons (Fsp3) is 0.125. The molecule has 0 aliphatic heterocycles. The Kier molecular flexibility index (Phi) is 6.31. The molecule has 2 heteroatoms. The van der Waals surface area contributed by atoms with Gasteiger partial charge in [0.25, 0.3) is 0 Å². The first kappa shape index (κ1) is 21.8. The zero-order valence-electron chi connectivity index (χ0n) is 19.3. The van der Waals surface area contributed by atoms with Gasteiger partial charge in [0.15, 0.2) is 0 Å². The lowest BCUT2D eigenvalue weighted by Crippen LogP contribution is -1.97. The molecule has 168 valence electrons. The summed E-state index contributed by atoms with van der Waals surface area (Å²) < 4.78 is 5.92. The first-order valence-corrected chi connectivity index (χ1v) is 11.9. The van der Waals surface area contributed by atoms with Gasteiger partial charge >= 0.3 is 0 Å². The lowest BCUT2D eigenvalue weighted by molar-refractivity contribution is 0.519. The van der Waals surface area contributed by atoms with Crippen molar-refractivity contribution in [2.45, 2.75) is 25.7 Å². The molecule has 0 aromatic heterocycles. The monoisotopic (exact) mass is 443 g/mol. The molecule has 34 heavy (non-hydrogen) atoms. The molecule has 4 aromatic carbocycles. The number of rotatable bonds is 5. The summed E-state index contributed by atoms with van der Waals surface area (Å²) in [6.45, 7) is 4.10. The van der Waals surface area contributed by atoms with Crippen molar-refractivity contribution in [3.05, 3.63) is 121 Å². The molecule has 0 saturated carbocycles. The van der Waals surface area contributed by atoms with Crippen molar-refractivity contribution in [2.24, 2.45) is 0 Å². The van der Waals surface area contributed by atoms with E-state index >= 15 is 0 Å². The van der Waals surface area contributed by atoms with Crippen LogP contribution in [0.5, 0.6) is 5.75 Å². The zero-order chi connectivity index (χ0) is 23.3. The topological polar surface area (TPSA) is 35.2 Å². The molecule has 0 heterocycles. The average Bonchev–Trinajstić information content (AvgIpc) is 2.85. The largest absolute Gasteiger partial charge is 0.455 e. The van der Waals surface area contributed by atoms with Gasteiger partial charge in [0.1, 0.15) is 11.5 Å². The Morgan fingerprint density at radius 1 is 0.735 bits per heavy atom. The summed E-state index contributed by atoms with van der Waals surface area (Å²) >= 11 is 0. The molecule has 4 aromatic rings. The SMILES string of the molecule is C=C(Oc1ccccc1N)c1ccc2cc(-c3ccc(C4=C/CCCC/C=C\4)cc3)ccc2c1. The van der Waals surface area contributed by atoms with Crippen molar-refractivity contribution in [1.82, 2.24) is 0 Å². The van der Waals surface area contributed by atoms with Gasteiger partial charge in [-0.25, -0.2) is 0 Å². The highest BCUT2D eigenvalue weighted by Crippen LogP contribution is 2.30. The van der Waals surface area contributed by atoms with Gasteiger partial charge in [-0.2, -0.15) is 0 Å².